The minimum atomic E-state index is -0.715. The fourth-order valence-electron chi connectivity index (χ4n) is 5.82. The predicted molar refractivity (Wildman–Crippen MR) is 153 cm³/mol. The molecule has 1 amide bonds. The number of aliphatic carboxylic acids is 1. The van der Waals surface area contributed by atoms with E-state index in [0.29, 0.717) is 40.6 Å². The van der Waals surface area contributed by atoms with E-state index in [1.807, 2.05) is 48.5 Å². The van der Waals surface area contributed by atoms with E-state index in [4.69, 9.17) is 20.9 Å². The van der Waals surface area contributed by atoms with Crippen molar-refractivity contribution in [2.24, 2.45) is 0 Å². The van der Waals surface area contributed by atoms with Gasteiger partial charge in [0, 0.05) is 16.1 Å². The molecule has 2 N–H and O–H groups in total. The summed E-state index contributed by atoms with van der Waals surface area (Å²) in [6.07, 6.45) is 3.13. The number of amides is 1. The van der Waals surface area contributed by atoms with Gasteiger partial charge in [-0.25, -0.2) is 4.79 Å². The Labute approximate surface area is 237 Å². The van der Waals surface area contributed by atoms with Gasteiger partial charge in [-0.2, -0.15) is 0 Å². The first-order chi connectivity index (χ1) is 19.3. The van der Waals surface area contributed by atoms with Crippen LogP contribution < -0.4 is 5.32 Å². The number of benzene rings is 3. The number of fused-ring (bicyclic) bond motifs is 1. The number of carbonyl (C=O) groups is 2. The normalized spacial score (nSPS) is 15.8. The van der Waals surface area contributed by atoms with Gasteiger partial charge in [0.15, 0.2) is 5.76 Å². The van der Waals surface area contributed by atoms with Crippen molar-refractivity contribution in [3.8, 4) is 22.5 Å². The number of nitrogens with zero attached hydrogens (tertiary/aromatic N) is 1. The van der Waals surface area contributed by atoms with E-state index in [0.717, 1.165) is 41.5 Å². The van der Waals surface area contributed by atoms with Gasteiger partial charge < -0.3 is 14.4 Å². The van der Waals surface area contributed by atoms with Crippen LogP contribution in [0, 0.1) is 6.92 Å². The summed E-state index contributed by atoms with van der Waals surface area (Å²) in [5, 5.41) is 17.2. The Morgan fingerprint density at radius 1 is 1.02 bits per heavy atom. The molecule has 8 heteroatoms. The fourth-order valence-corrected chi connectivity index (χ4v) is 6.11. The molecule has 0 saturated heterocycles. The number of carboxylic acid groups (broad SMARTS) is 1. The molecule has 2 aliphatic rings. The van der Waals surface area contributed by atoms with Gasteiger partial charge in [0.25, 0.3) is 0 Å². The Bertz CT molecular complexity index is 1620. The first-order valence-corrected chi connectivity index (χ1v) is 13.8. The summed E-state index contributed by atoms with van der Waals surface area (Å²) in [7, 11) is 0. The summed E-state index contributed by atoms with van der Waals surface area (Å²) in [5.41, 5.74) is 7.39. The molecule has 0 radical (unpaired) electrons. The van der Waals surface area contributed by atoms with E-state index in [9.17, 15) is 14.7 Å². The molecule has 2 aliphatic carbocycles. The summed E-state index contributed by atoms with van der Waals surface area (Å²) >= 11 is 6.25. The molecule has 0 aliphatic heterocycles. The van der Waals surface area contributed by atoms with Gasteiger partial charge in [0.05, 0.1) is 5.41 Å². The highest BCUT2D eigenvalue weighted by atomic mass is 35.5. The van der Waals surface area contributed by atoms with Crippen molar-refractivity contribution in [1.29, 1.82) is 0 Å². The topological polar surface area (TPSA) is 102 Å². The molecule has 0 spiro atoms. The molecule has 1 unspecified atom stereocenters. The van der Waals surface area contributed by atoms with Crippen molar-refractivity contribution in [1.82, 2.24) is 5.16 Å². The van der Waals surface area contributed by atoms with Crippen molar-refractivity contribution < 1.29 is 24.0 Å². The highest BCUT2D eigenvalue weighted by Crippen LogP contribution is 2.52. The highest BCUT2D eigenvalue weighted by molar-refractivity contribution is 6.31. The smallest absolute Gasteiger partial charge is 0.412 e. The van der Waals surface area contributed by atoms with Crippen LogP contribution >= 0.6 is 11.6 Å². The van der Waals surface area contributed by atoms with Crippen LogP contribution in [0.15, 0.2) is 65.2 Å². The average Bonchev–Trinajstić information content (AvgIpc) is 3.47. The molecular weight excluding hydrogens is 528 g/mol. The lowest BCUT2D eigenvalue weighted by atomic mass is 9.86. The Balaban J connectivity index is 1.23. The number of nitrogens with one attached hydrogen (secondary N) is 1. The van der Waals surface area contributed by atoms with Gasteiger partial charge in [-0.1, -0.05) is 71.4 Å². The number of ether oxygens (including phenoxy) is 1. The third kappa shape index (κ3) is 4.54. The maximum atomic E-state index is 12.8. The van der Waals surface area contributed by atoms with Crippen LogP contribution in [0.2, 0.25) is 5.02 Å². The number of rotatable bonds is 7. The van der Waals surface area contributed by atoms with Crippen molar-refractivity contribution in [2.75, 3.05) is 5.32 Å². The zero-order valence-electron chi connectivity index (χ0n) is 22.3. The second kappa shape index (κ2) is 10.1. The Morgan fingerprint density at radius 2 is 1.73 bits per heavy atom. The van der Waals surface area contributed by atoms with Gasteiger partial charge in [0.2, 0.25) is 0 Å². The Hall–Kier alpha value is -4.10. The summed E-state index contributed by atoms with van der Waals surface area (Å²) in [4.78, 5) is 24.7. The van der Waals surface area contributed by atoms with Gasteiger partial charge >= 0.3 is 12.1 Å². The summed E-state index contributed by atoms with van der Waals surface area (Å²) in [6.45, 7) is 3.51. The van der Waals surface area contributed by atoms with Gasteiger partial charge in [-0.3, -0.25) is 10.1 Å². The van der Waals surface area contributed by atoms with Crippen LogP contribution in [0.1, 0.15) is 60.2 Å². The van der Waals surface area contributed by atoms with Crippen molar-refractivity contribution in [3.63, 3.8) is 0 Å². The molecule has 7 nitrogen and oxygen atoms in total. The van der Waals surface area contributed by atoms with Crippen LogP contribution in [-0.2, 0) is 27.8 Å². The second-order valence-corrected chi connectivity index (χ2v) is 11.0. The molecule has 1 atom stereocenters. The number of hydrogen-bond donors (Lipinski definition) is 2. The lowest BCUT2D eigenvalue weighted by molar-refractivity contribution is -0.140. The zero-order chi connectivity index (χ0) is 28.0. The largest absolute Gasteiger partial charge is 0.481 e. The summed E-state index contributed by atoms with van der Waals surface area (Å²) in [5.74, 6) is -0.281. The molecule has 1 aromatic heterocycles. The standard InChI is InChI=1S/C32H29ClN2O5/c1-18-28(34-31(38)39-19(2)22-6-3-4-9-27(22)33)29(40-35-18)21-12-10-20(11-13-21)23-14-15-26(25-8-5-7-24(23)25)32(16-17-32)30(36)37/h3-4,6,9-15,19H,5,7-8,16-17H2,1-2H3,(H,34,38)(H,36,37). The molecule has 6 rings (SSSR count). The van der Waals surface area contributed by atoms with E-state index >= 15 is 0 Å². The number of hydrogen-bond acceptors (Lipinski definition) is 5. The number of aryl methyl sites for hydroxylation is 1. The van der Waals surface area contributed by atoms with Crippen molar-refractivity contribution in [3.05, 3.63) is 93.6 Å². The van der Waals surface area contributed by atoms with Crippen molar-refractivity contribution >= 4 is 29.4 Å². The second-order valence-electron chi connectivity index (χ2n) is 10.6. The molecule has 1 saturated carbocycles. The lowest BCUT2D eigenvalue weighted by Crippen LogP contribution is -2.21. The van der Waals surface area contributed by atoms with Crippen LogP contribution in [0.25, 0.3) is 22.5 Å². The van der Waals surface area contributed by atoms with Crippen LogP contribution in [0.3, 0.4) is 0 Å². The third-order valence-electron chi connectivity index (χ3n) is 8.13. The highest BCUT2D eigenvalue weighted by Gasteiger charge is 2.53. The van der Waals surface area contributed by atoms with Gasteiger partial charge in [-0.05, 0) is 79.8 Å². The van der Waals surface area contributed by atoms with E-state index in [-0.39, 0.29) is 0 Å². The van der Waals surface area contributed by atoms with E-state index < -0.39 is 23.6 Å². The molecule has 204 valence electrons. The van der Waals surface area contributed by atoms with E-state index in [1.54, 1.807) is 19.9 Å². The lowest BCUT2D eigenvalue weighted by Gasteiger charge is -2.18. The number of anilines is 1. The van der Waals surface area contributed by atoms with E-state index in [1.165, 1.54) is 11.1 Å². The van der Waals surface area contributed by atoms with Crippen LogP contribution in [0.4, 0.5) is 10.5 Å². The zero-order valence-corrected chi connectivity index (χ0v) is 23.0. The molecule has 0 bridgehead atoms. The predicted octanol–water partition coefficient (Wildman–Crippen LogP) is 7.89. The number of carbonyl (C=O) groups excluding carboxylic acids is 1. The monoisotopic (exact) mass is 556 g/mol. The molecule has 4 aromatic rings. The molecule has 3 aromatic carbocycles. The summed E-state index contributed by atoms with van der Waals surface area (Å²) < 4.78 is 11.2. The number of halogens is 1. The Kier molecular flexibility index (Phi) is 6.62. The first-order valence-electron chi connectivity index (χ1n) is 13.5. The van der Waals surface area contributed by atoms with Gasteiger partial charge in [0.1, 0.15) is 17.5 Å². The molecule has 1 fully saturated rings. The third-order valence-corrected chi connectivity index (χ3v) is 8.48. The van der Waals surface area contributed by atoms with Gasteiger partial charge in [-0.15, -0.1) is 0 Å². The Morgan fingerprint density at radius 3 is 2.42 bits per heavy atom. The van der Waals surface area contributed by atoms with E-state index in [2.05, 4.69) is 16.5 Å². The minimum Gasteiger partial charge on any atom is -0.481 e. The van der Waals surface area contributed by atoms with Crippen LogP contribution in [-0.4, -0.2) is 22.3 Å². The van der Waals surface area contributed by atoms with Crippen molar-refractivity contribution in [2.45, 2.75) is 57.5 Å². The minimum absolute atomic E-state index is 0.434. The number of carboxylic acids is 1. The van der Waals surface area contributed by atoms with Crippen LogP contribution in [0.5, 0.6) is 0 Å². The fraction of sp³-hybridized carbons (Fsp3) is 0.281. The molecule has 1 heterocycles. The SMILES string of the molecule is Cc1noc(-c2ccc(-c3ccc(C4(C(=O)O)CC4)c4c3CCC4)cc2)c1NC(=O)OC(C)c1ccccc1Cl. The average molecular weight is 557 g/mol. The molecule has 40 heavy (non-hydrogen) atoms. The number of aromatic nitrogens is 1. The first kappa shape index (κ1) is 26.1. The molecular formula is C32H29ClN2O5. The maximum absolute atomic E-state index is 12.8. The quantitative estimate of drug-likeness (QED) is 0.240. The summed E-state index contributed by atoms with van der Waals surface area (Å²) in [6, 6.07) is 19.2. The maximum Gasteiger partial charge on any atom is 0.412 e.